The predicted octanol–water partition coefficient (Wildman–Crippen LogP) is 4.22. The maximum Gasteiger partial charge on any atom is 0.287 e. The van der Waals surface area contributed by atoms with Crippen LogP contribution in [0, 0.1) is 0 Å². The zero-order valence-electron chi connectivity index (χ0n) is 19.6. The van der Waals surface area contributed by atoms with E-state index >= 15 is 0 Å². The van der Waals surface area contributed by atoms with Gasteiger partial charge in [0.1, 0.15) is 17.7 Å². The topological polar surface area (TPSA) is 93.1 Å². The average Bonchev–Trinajstić information content (AvgIpc) is 3.03. The van der Waals surface area contributed by atoms with Crippen LogP contribution in [0.15, 0.2) is 24.3 Å². The van der Waals surface area contributed by atoms with Crippen molar-refractivity contribution < 1.29 is 14.4 Å². The van der Waals surface area contributed by atoms with Crippen LogP contribution in [0.3, 0.4) is 0 Å². The van der Waals surface area contributed by atoms with E-state index < -0.39 is 11.1 Å². The molecule has 2 N–H and O–H groups in total. The molecule has 0 radical (unpaired) electrons. The number of carbonyl (C=O) groups excluding carboxylic acids is 3. The standard InChI is InChI=1S/C24H34N4O3/c1-8-9-14-28-19(21(30)26-23(2,3)4)18(17-12-10-16(15-29)11-13-17)25-20(28)22(31)27-24(5,6)7/h10-13,15H,8-9,14H2,1-7H3,(H,26,30)(H,27,31). The number of nitrogens with one attached hydrogen (secondary N) is 2. The molecule has 0 spiro atoms. The summed E-state index contributed by atoms with van der Waals surface area (Å²) in [6, 6.07) is 6.84. The zero-order chi connectivity index (χ0) is 23.4. The first-order valence-corrected chi connectivity index (χ1v) is 10.7. The Balaban J connectivity index is 2.71. The van der Waals surface area contributed by atoms with E-state index in [1.54, 1.807) is 28.8 Å². The smallest absolute Gasteiger partial charge is 0.287 e. The molecule has 31 heavy (non-hydrogen) atoms. The summed E-state index contributed by atoms with van der Waals surface area (Å²) in [6.45, 7) is 14.0. The SMILES string of the molecule is CCCCn1c(C(=O)NC(C)(C)C)nc(-c2ccc(C=O)cc2)c1C(=O)NC(C)(C)C. The Kier molecular flexibility index (Phi) is 7.41. The van der Waals surface area contributed by atoms with Crippen LogP contribution in [0.5, 0.6) is 0 Å². The normalized spacial score (nSPS) is 11.8. The number of benzene rings is 1. The van der Waals surface area contributed by atoms with E-state index in [2.05, 4.69) is 22.5 Å². The highest BCUT2D eigenvalue weighted by Gasteiger charge is 2.30. The summed E-state index contributed by atoms with van der Waals surface area (Å²) in [5.41, 5.74) is 1.07. The van der Waals surface area contributed by atoms with Gasteiger partial charge >= 0.3 is 0 Å². The molecule has 0 aliphatic heterocycles. The van der Waals surface area contributed by atoms with Gasteiger partial charge in [0.15, 0.2) is 5.82 Å². The summed E-state index contributed by atoms with van der Waals surface area (Å²) >= 11 is 0. The number of hydrogen-bond acceptors (Lipinski definition) is 4. The maximum absolute atomic E-state index is 13.3. The van der Waals surface area contributed by atoms with Gasteiger partial charge in [-0.1, -0.05) is 37.6 Å². The van der Waals surface area contributed by atoms with Crippen molar-refractivity contribution in [3.05, 3.63) is 41.3 Å². The van der Waals surface area contributed by atoms with Crippen molar-refractivity contribution in [1.82, 2.24) is 20.2 Å². The van der Waals surface area contributed by atoms with Crippen LogP contribution >= 0.6 is 0 Å². The lowest BCUT2D eigenvalue weighted by Gasteiger charge is -2.22. The second kappa shape index (κ2) is 9.45. The quantitative estimate of drug-likeness (QED) is 0.648. The minimum atomic E-state index is -0.455. The van der Waals surface area contributed by atoms with Crippen LogP contribution < -0.4 is 10.6 Å². The molecule has 2 aromatic rings. The second-order valence-corrected chi connectivity index (χ2v) is 9.79. The van der Waals surface area contributed by atoms with Gasteiger partial charge in [0, 0.05) is 28.7 Å². The molecule has 0 saturated carbocycles. The number of amides is 2. The molecule has 168 valence electrons. The largest absolute Gasteiger partial charge is 0.346 e. The summed E-state index contributed by atoms with van der Waals surface area (Å²) in [6.07, 6.45) is 2.47. The van der Waals surface area contributed by atoms with Crippen LogP contribution in [0.25, 0.3) is 11.3 Å². The fourth-order valence-corrected chi connectivity index (χ4v) is 3.11. The van der Waals surface area contributed by atoms with Crippen LogP contribution in [0.4, 0.5) is 0 Å². The molecule has 2 amide bonds. The van der Waals surface area contributed by atoms with Gasteiger partial charge in [0.05, 0.1) is 0 Å². The number of aldehydes is 1. The van der Waals surface area contributed by atoms with E-state index in [0.29, 0.717) is 29.1 Å². The zero-order valence-corrected chi connectivity index (χ0v) is 19.6. The molecule has 0 aliphatic carbocycles. The fraction of sp³-hybridized carbons (Fsp3) is 0.500. The van der Waals surface area contributed by atoms with E-state index in [9.17, 15) is 14.4 Å². The Morgan fingerprint density at radius 3 is 2.00 bits per heavy atom. The molecule has 1 aromatic carbocycles. The molecule has 2 rings (SSSR count). The highest BCUT2D eigenvalue weighted by Crippen LogP contribution is 2.26. The van der Waals surface area contributed by atoms with Crippen molar-refractivity contribution in [3.63, 3.8) is 0 Å². The van der Waals surface area contributed by atoms with Crippen molar-refractivity contribution in [2.75, 3.05) is 0 Å². The van der Waals surface area contributed by atoms with Crippen molar-refractivity contribution in [2.24, 2.45) is 0 Å². The third-order valence-corrected chi connectivity index (χ3v) is 4.42. The van der Waals surface area contributed by atoms with E-state index in [1.807, 2.05) is 41.5 Å². The molecular formula is C24H34N4O3. The summed E-state index contributed by atoms with van der Waals surface area (Å²) < 4.78 is 1.72. The lowest BCUT2D eigenvalue weighted by molar-refractivity contribution is 0.0900. The highest BCUT2D eigenvalue weighted by molar-refractivity contribution is 6.02. The van der Waals surface area contributed by atoms with Crippen LogP contribution in [0.1, 0.15) is 92.8 Å². The number of rotatable bonds is 7. The molecule has 0 bridgehead atoms. The summed E-state index contributed by atoms with van der Waals surface area (Å²) in [7, 11) is 0. The number of aromatic nitrogens is 2. The van der Waals surface area contributed by atoms with Gasteiger partial charge in [-0.2, -0.15) is 0 Å². The molecule has 1 heterocycles. The summed E-state index contributed by atoms with van der Waals surface area (Å²) in [5.74, 6) is -0.415. The van der Waals surface area contributed by atoms with E-state index in [-0.39, 0.29) is 17.6 Å². The Morgan fingerprint density at radius 2 is 1.52 bits per heavy atom. The van der Waals surface area contributed by atoms with Gasteiger partial charge in [0.2, 0.25) is 0 Å². The van der Waals surface area contributed by atoms with Crippen molar-refractivity contribution in [1.29, 1.82) is 0 Å². The van der Waals surface area contributed by atoms with Crippen LogP contribution in [-0.2, 0) is 6.54 Å². The Morgan fingerprint density at radius 1 is 0.968 bits per heavy atom. The molecule has 7 heteroatoms. The number of nitrogens with zero attached hydrogens (tertiary/aromatic N) is 2. The third-order valence-electron chi connectivity index (χ3n) is 4.42. The van der Waals surface area contributed by atoms with E-state index in [1.165, 1.54) is 0 Å². The van der Waals surface area contributed by atoms with Crippen molar-refractivity contribution in [3.8, 4) is 11.3 Å². The fourth-order valence-electron chi connectivity index (χ4n) is 3.11. The second-order valence-electron chi connectivity index (χ2n) is 9.79. The van der Waals surface area contributed by atoms with Gasteiger partial charge in [-0.3, -0.25) is 14.4 Å². The lowest BCUT2D eigenvalue weighted by Crippen LogP contribution is -2.43. The Labute approximate surface area is 184 Å². The van der Waals surface area contributed by atoms with E-state index in [4.69, 9.17) is 0 Å². The highest BCUT2D eigenvalue weighted by atomic mass is 16.2. The van der Waals surface area contributed by atoms with Gasteiger partial charge in [-0.15, -0.1) is 0 Å². The Bertz CT molecular complexity index is 945. The number of imidazole rings is 1. The molecule has 1 aromatic heterocycles. The molecule has 0 aliphatic rings. The molecule has 0 saturated heterocycles. The van der Waals surface area contributed by atoms with Gasteiger partial charge < -0.3 is 15.2 Å². The third kappa shape index (κ3) is 6.51. The van der Waals surface area contributed by atoms with Gasteiger partial charge in [-0.25, -0.2) is 4.98 Å². The maximum atomic E-state index is 13.3. The average molecular weight is 427 g/mol. The predicted molar refractivity (Wildman–Crippen MR) is 122 cm³/mol. The van der Waals surface area contributed by atoms with Gasteiger partial charge in [-0.05, 0) is 48.0 Å². The van der Waals surface area contributed by atoms with E-state index in [0.717, 1.165) is 19.1 Å². The first-order valence-electron chi connectivity index (χ1n) is 10.7. The number of carbonyl (C=O) groups is 3. The first kappa shape index (κ1) is 24.3. The molecular weight excluding hydrogens is 392 g/mol. The van der Waals surface area contributed by atoms with Crippen molar-refractivity contribution in [2.45, 2.75) is 78.9 Å². The molecule has 0 fully saturated rings. The molecule has 0 unspecified atom stereocenters. The Hall–Kier alpha value is -2.96. The number of unbranched alkanes of at least 4 members (excludes halogenated alkanes) is 1. The van der Waals surface area contributed by atoms with Crippen LogP contribution in [-0.4, -0.2) is 38.7 Å². The monoisotopic (exact) mass is 426 g/mol. The number of hydrogen-bond donors (Lipinski definition) is 2. The lowest BCUT2D eigenvalue weighted by atomic mass is 10.1. The molecule has 0 atom stereocenters. The minimum absolute atomic E-state index is 0.205. The summed E-state index contributed by atoms with van der Waals surface area (Å²) in [5, 5.41) is 5.95. The summed E-state index contributed by atoms with van der Waals surface area (Å²) in [4.78, 5) is 42.1. The minimum Gasteiger partial charge on any atom is -0.346 e. The van der Waals surface area contributed by atoms with Crippen LogP contribution in [0.2, 0.25) is 0 Å². The van der Waals surface area contributed by atoms with Gasteiger partial charge in [0.25, 0.3) is 11.8 Å². The first-order chi connectivity index (χ1) is 14.4. The molecule has 7 nitrogen and oxygen atoms in total. The van der Waals surface area contributed by atoms with Crippen molar-refractivity contribution >= 4 is 18.1 Å².